The summed E-state index contributed by atoms with van der Waals surface area (Å²) in [4.78, 5) is 11.4. The average Bonchev–Trinajstić information content (AvgIpc) is 2.86. The van der Waals surface area contributed by atoms with Crippen LogP contribution in [0.25, 0.3) is 11.1 Å². The van der Waals surface area contributed by atoms with Gasteiger partial charge < -0.3 is 10.4 Å². The van der Waals surface area contributed by atoms with Crippen LogP contribution in [0.5, 0.6) is 0 Å². The number of hydrogen-bond donors (Lipinski definition) is 2. The number of nitrogens with zero attached hydrogens (tertiary/aromatic N) is 2. The summed E-state index contributed by atoms with van der Waals surface area (Å²) in [5.41, 5.74) is 2.05. The topological polar surface area (TPSA) is 67.2 Å². The molecule has 0 spiro atoms. The molecule has 2 aromatic rings. The Morgan fingerprint density at radius 2 is 2.06 bits per heavy atom. The molecule has 1 aromatic carbocycles. The summed E-state index contributed by atoms with van der Waals surface area (Å²) in [6, 6.07) is 9.86. The number of nitrogens with one attached hydrogen (secondary N) is 1. The number of amides is 1. The molecule has 0 aliphatic carbocycles. The summed E-state index contributed by atoms with van der Waals surface area (Å²) in [5.74, 6) is -0.160. The fourth-order valence-electron chi connectivity index (χ4n) is 1.63. The highest BCUT2D eigenvalue weighted by Crippen LogP contribution is 2.17. The second kappa shape index (κ2) is 5.97. The molecule has 18 heavy (non-hydrogen) atoms. The standard InChI is InChI=1S/C13H15N3O2/c17-7-6-14-13(18)10-16-9-12(8-15-16)11-4-2-1-3-5-11/h1-5,8-9,17H,6-7,10H2,(H,14,18). The number of aliphatic hydroxyl groups excluding tert-OH is 1. The van der Waals surface area contributed by atoms with Crippen LogP contribution < -0.4 is 5.32 Å². The Morgan fingerprint density at radius 3 is 2.78 bits per heavy atom. The molecule has 5 nitrogen and oxygen atoms in total. The van der Waals surface area contributed by atoms with Crippen LogP contribution >= 0.6 is 0 Å². The zero-order valence-corrected chi connectivity index (χ0v) is 9.91. The first-order valence-corrected chi connectivity index (χ1v) is 5.75. The Kier molecular flexibility index (Phi) is 4.09. The van der Waals surface area contributed by atoms with Crippen LogP contribution in [0.4, 0.5) is 0 Å². The molecule has 0 saturated carbocycles. The molecular weight excluding hydrogens is 230 g/mol. The van der Waals surface area contributed by atoms with Crippen molar-refractivity contribution in [1.29, 1.82) is 0 Å². The zero-order valence-electron chi connectivity index (χ0n) is 9.91. The molecule has 0 fully saturated rings. The van der Waals surface area contributed by atoms with Crippen LogP contribution in [0, 0.1) is 0 Å². The number of aromatic nitrogens is 2. The lowest BCUT2D eigenvalue weighted by atomic mass is 10.1. The highest BCUT2D eigenvalue weighted by atomic mass is 16.3. The SMILES string of the molecule is O=C(Cn1cc(-c2ccccc2)cn1)NCCO. The summed E-state index contributed by atoms with van der Waals surface area (Å²) in [5, 5.41) is 15.3. The summed E-state index contributed by atoms with van der Waals surface area (Å²) in [6.45, 7) is 0.374. The molecule has 1 amide bonds. The number of hydrogen-bond acceptors (Lipinski definition) is 3. The summed E-state index contributed by atoms with van der Waals surface area (Å²) in [7, 11) is 0. The van der Waals surface area contributed by atoms with Crippen LogP contribution in [0.2, 0.25) is 0 Å². The van der Waals surface area contributed by atoms with Crippen LogP contribution in [0.3, 0.4) is 0 Å². The lowest BCUT2D eigenvalue weighted by Crippen LogP contribution is -2.30. The van der Waals surface area contributed by atoms with Gasteiger partial charge in [0.2, 0.25) is 5.91 Å². The highest BCUT2D eigenvalue weighted by Gasteiger charge is 2.05. The Balaban J connectivity index is 2.00. The fourth-order valence-corrected chi connectivity index (χ4v) is 1.63. The monoisotopic (exact) mass is 245 g/mol. The third-order valence-corrected chi connectivity index (χ3v) is 2.48. The predicted molar refractivity (Wildman–Crippen MR) is 67.8 cm³/mol. The summed E-state index contributed by atoms with van der Waals surface area (Å²) in [6.07, 6.45) is 3.56. The van der Waals surface area contributed by atoms with Crippen LogP contribution in [-0.4, -0.2) is 33.9 Å². The van der Waals surface area contributed by atoms with Gasteiger partial charge in [0.1, 0.15) is 6.54 Å². The van der Waals surface area contributed by atoms with Crippen LogP contribution in [0.1, 0.15) is 0 Å². The van der Waals surface area contributed by atoms with Crippen molar-refractivity contribution in [3.63, 3.8) is 0 Å². The molecule has 2 rings (SSSR count). The second-order valence-electron chi connectivity index (χ2n) is 3.87. The fraction of sp³-hybridized carbons (Fsp3) is 0.231. The molecule has 0 atom stereocenters. The molecule has 0 bridgehead atoms. The van der Waals surface area contributed by atoms with Crippen molar-refractivity contribution in [3.8, 4) is 11.1 Å². The molecule has 0 aliphatic rings. The molecule has 1 heterocycles. The van der Waals surface area contributed by atoms with Crippen LogP contribution in [-0.2, 0) is 11.3 Å². The molecule has 0 radical (unpaired) electrons. The number of carbonyl (C=O) groups is 1. The van der Waals surface area contributed by atoms with Crippen molar-refractivity contribution in [2.45, 2.75) is 6.54 Å². The predicted octanol–water partition coefficient (Wildman–Crippen LogP) is 0.659. The minimum absolute atomic E-state index is 0.0554. The first-order valence-electron chi connectivity index (χ1n) is 5.75. The number of benzene rings is 1. The minimum atomic E-state index is -0.160. The van der Waals surface area contributed by atoms with E-state index < -0.39 is 0 Å². The Hall–Kier alpha value is -2.14. The van der Waals surface area contributed by atoms with E-state index in [0.29, 0.717) is 0 Å². The first kappa shape index (κ1) is 12.3. The van der Waals surface area contributed by atoms with E-state index in [1.165, 1.54) is 0 Å². The molecular formula is C13H15N3O2. The van der Waals surface area contributed by atoms with Crippen molar-refractivity contribution in [1.82, 2.24) is 15.1 Å². The quantitative estimate of drug-likeness (QED) is 0.813. The van der Waals surface area contributed by atoms with Gasteiger partial charge in [-0.15, -0.1) is 0 Å². The summed E-state index contributed by atoms with van der Waals surface area (Å²) < 4.78 is 1.58. The lowest BCUT2D eigenvalue weighted by molar-refractivity contribution is -0.122. The van der Waals surface area contributed by atoms with Gasteiger partial charge in [0, 0.05) is 18.3 Å². The molecule has 0 unspecified atom stereocenters. The van der Waals surface area contributed by atoms with E-state index in [1.807, 2.05) is 36.5 Å². The maximum Gasteiger partial charge on any atom is 0.241 e. The highest BCUT2D eigenvalue weighted by molar-refractivity contribution is 5.75. The molecule has 0 saturated heterocycles. The largest absolute Gasteiger partial charge is 0.395 e. The number of carbonyl (C=O) groups excluding carboxylic acids is 1. The van der Waals surface area contributed by atoms with Gasteiger partial charge >= 0.3 is 0 Å². The Labute approximate surface area is 105 Å². The van der Waals surface area contributed by atoms with Gasteiger partial charge in [-0.1, -0.05) is 30.3 Å². The van der Waals surface area contributed by atoms with Crippen LogP contribution in [0.15, 0.2) is 42.7 Å². The normalized spacial score (nSPS) is 10.3. The number of rotatable bonds is 5. The first-order chi connectivity index (χ1) is 8.79. The van der Waals surface area contributed by atoms with E-state index >= 15 is 0 Å². The van der Waals surface area contributed by atoms with Gasteiger partial charge in [-0.3, -0.25) is 9.48 Å². The van der Waals surface area contributed by atoms with Crippen molar-refractivity contribution in [3.05, 3.63) is 42.7 Å². The van der Waals surface area contributed by atoms with Gasteiger partial charge in [-0.2, -0.15) is 5.10 Å². The van der Waals surface area contributed by atoms with E-state index in [9.17, 15) is 4.79 Å². The molecule has 2 N–H and O–H groups in total. The second-order valence-corrected chi connectivity index (χ2v) is 3.87. The zero-order chi connectivity index (χ0) is 12.8. The van der Waals surface area contributed by atoms with E-state index in [1.54, 1.807) is 10.9 Å². The third kappa shape index (κ3) is 3.18. The maximum absolute atomic E-state index is 11.4. The van der Waals surface area contributed by atoms with Gasteiger partial charge in [-0.05, 0) is 5.56 Å². The maximum atomic E-state index is 11.4. The summed E-state index contributed by atoms with van der Waals surface area (Å²) >= 11 is 0. The van der Waals surface area contributed by atoms with Crippen molar-refractivity contribution < 1.29 is 9.90 Å². The minimum Gasteiger partial charge on any atom is -0.395 e. The van der Waals surface area contributed by atoms with E-state index in [4.69, 9.17) is 5.11 Å². The van der Waals surface area contributed by atoms with Gasteiger partial charge in [0.25, 0.3) is 0 Å². The van der Waals surface area contributed by atoms with Gasteiger partial charge in [0.05, 0.1) is 12.8 Å². The van der Waals surface area contributed by atoms with Crippen molar-refractivity contribution in [2.75, 3.05) is 13.2 Å². The molecule has 0 aliphatic heterocycles. The number of aliphatic hydroxyl groups is 1. The molecule has 1 aromatic heterocycles. The molecule has 5 heteroatoms. The molecule has 94 valence electrons. The average molecular weight is 245 g/mol. The lowest BCUT2D eigenvalue weighted by Gasteiger charge is -2.02. The van der Waals surface area contributed by atoms with Gasteiger partial charge in [-0.25, -0.2) is 0 Å². The van der Waals surface area contributed by atoms with Gasteiger partial charge in [0.15, 0.2) is 0 Å². The third-order valence-electron chi connectivity index (χ3n) is 2.48. The Morgan fingerprint density at radius 1 is 1.28 bits per heavy atom. The van der Waals surface area contributed by atoms with Crippen molar-refractivity contribution in [2.24, 2.45) is 0 Å². The Bertz CT molecular complexity index is 508. The van der Waals surface area contributed by atoms with Crippen molar-refractivity contribution >= 4 is 5.91 Å². The van der Waals surface area contributed by atoms with E-state index in [2.05, 4.69) is 10.4 Å². The smallest absolute Gasteiger partial charge is 0.241 e. The van der Waals surface area contributed by atoms with E-state index in [0.717, 1.165) is 11.1 Å². The van der Waals surface area contributed by atoms with E-state index in [-0.39, 0.29) is 25.6 Å².